The first-order valence-corrected chi connectivity index (χ1v) is 13.4. The van der Waals surface area contributed by atoms with E-state index in [1.54, 1.807) is 0 Å². The first kappa shape index (κ1) is 35.4. The average Bonchev–Trinajstić information content (AvgIpc) is 2.85. The van der Waals surface area contributed by atoms with E-state index in [-0.39, 0.29) is 13.0 Å². The minimum Gasteiger partial charge on any atom is -0.463 e. The Bertz CT molecular complexity index is 1070. The summed E-state index contributed by atoms with van der Waals surface area (Å²) in [6.45, 7) is 7.25. The molecular weight excluding hydrogens is 580 g/mol. The van der Waals surface area contributed by atoms with Crippen LogP contribution in [-0.4, -0.2) is 110 Å². The number of hydrogen-bond donors (Lipinski definition) is 2. The number of esters is 5. The van der Waals surface area contributed by atoms with Crippen LogP contribution in [0.5, 0.6) is 0 Å². The Morgan fingerprint density at radius 3 is 1.65 bits per heavy atom. The SMILES string of the molecule is CC(=O)N[C@H]1[C@@H](OC(C)=O)O[C@H](COC(C)=O)[C@@H](O[C@@H]2O[C@H](COC(C)=O)C[C@H](OC(C)=O)[C@H]2NC(C)=O)[C@@H]1OC(C)=O. The third-order valence-corrected chi connectivity index (χ3v) is 6.02. The number of amides is 2. The summed E-state index contributed by atoms with van der Waals surface area (Å²) in [6.07, 6.45) is -9.10. The molecule has 17 heteroatoms. The maximum absolute atomic E-state index is 12.2. The Labute approximate surface area is 247 Å². The zero-order valence-electron chi connectivity index (χ0n) is 24.9. The molecule has 0 aliphatic carbocycles. The van der Waals surface area contributed by atoms with Gasteiger partial charge in [0.1, 0.15) is 43.6 Å². The normalized spacial score (nSPS) is 30.2. The summed E-state index contributed by atoms with van der Waals surface area (Å²) in [6, 6.07) is -2.47. The van der Waals surface area contributed by atoms with Crippen molar-refractivity contribution >= 4 is 41.7 Å². The fourth-order valence-electron chi connectivity index (χ4n) is 4.62. The van der Waals surface area contributed by atoms with Gasteiger partial charge in [0.25, 0.3) is 0 Å². The summed E-state index contributed by atoms with van der Waals surface area (Å²) in [4.78, 5) is 83.5. The van der Waals surface area contributed by atoms with E-state index in [0.29, 0.717) is 0 Å². The van der Waals surface area contributed by atoms with Gasteiger partial charge >= 0.3 is 29.8 Å². The minimum atomic E-state index is -1.52. The van der Waals surface area contributed by atoms with E-state index in [0.717, 1.165) is 34.6 Å². The first-order chi connectivity index (χ1) is 20.1. The fourth-order valence-corrected chi connectivity index (χ4v) is 4.62. The van der Waals surface area contributed by atoms with Crippen LogP contribution in [-0.2, 0) is 71.5 Å². The van der Waals surface area contributed by atoms with Gasteiger partial charge in [-0.1, -0.05) is 0 Å². The number of nitrogens with one attached hydrogen (secondary N) is 2. The van der Waals surface area contributed by atoms with Gasteiger partial charge in [0.05, 0.1) is 6.10 Å². The van der Waals surface area contributed by atoms with Gasteiger partial charge in [0, 0.05) is 54.9 Å². The lowest BCUT2D eigenvalue weighted by molar-refractivity contribution is -0.320. The van der Waals surface area contributed by atoms with Crippen molar-refractivity contribution < 1.29 is 71.5 Å². The summed E-state index contributed by atoms with van der Waals surface area (Å²) in [5.41, 5.74) is 0. The van der Waals surface area contributed by atoms with Crippen molar-refractivity contribution in [1.29, 1.82) is 0 Å². The Hall–Kier alpha value is -3.83. The summed E-state index contributed by atoms with van der Waals surface area (Å²) in [7, 11) is 0. The van der Waals surface area contributed by atoms with E-state index in [2.05, 4.69) is 10.6 Å². The highest BCUT2D eigenvalue weighted by atomic mass is 16.7. The molecule has 2 N–H and O–H groups in total. The molecule has 17 nitrogen and oxygen atoms in total. The first-order valence-electron chi connectivity index (χ1n) is 13.4. The molecule has 2 rings (SSSR count). The molecule has 0 aromatic carbocycles. The maximum Gasteiger partial charge on any atom is 0.305 e. The van der Waals surface area contributed by atoms with Crippen molar-refractivity contribution in [3.8, 4) is 0 Å². The Balaban J connectivity index is 2.60. The monoisotopic (exact) mass is 618 g/mol. The topological polar surface area (TPSA) is 217 Å². The molecule has 2 aliphatic heterocycles. The summed E-state index contributed by atoms with van der Waals surface area (Å²) in [5.74, 6) is -4.78. The lowest BCUT2D eigenvalue weighted by Gasteiger charge is -2.48. The van der Waals surface area contributed by atoms with Gasteiger partial charge < -0.3 is 48.5 Å². The van der Waals surface area contributed by atoms with Crippen LogP contribution < -0.4 is 10.6 Å². The molecule has 2 amide bonds. The lowest BCUT2D eigenvalue weighted by atomic mass is 9.95. The standard InChI is InChI=1S/C26H38N2O15/c1-11(29)27-21-19(38-15(5)33)8-18(9-36-13(3)31)41-25(21)43-23-20(10-37-14(4)32)42-26(40-17(7)35)22(28-12(2)30)24(23)39-16(6)34/h18-26H,8-10H2,1-7H3,(H,27,29)(H,28,30)/t18-,19-,20+,21+,22+,23+,24+,25-,26-/m0/s1. The average molecular weight is 619 g/mol. The molecule has 9 atom stereocenters. The Morgan fingerprint density at radius 1 is 0.605 bits per heavy atom. The van der Waals surface area contributed by atoms with Crippen molar-refractivity contribution in [1.82, 2.24) is 10.6 Å². The number of rotatable bonds is 11. The minimum absolute atomic E-state index is 0.00781. The van der Waals surface area contributed by atoms with E-state index < -0.39 is 103 Å². The van der Waals surface area contributed by atoms with Gasteiger partial charge in [0.2, 0.25) is 18.1 Å². The summed E-state index contributed by atoms with van der Waals surface area (Å²) >= 11 is 0. The van der Waals surface area contributed by atoms with Crippen LogP contribution in [0.2, 0.25) is 0 Å². The van der Waals surface area contributed by atoms with Crippen molar-refractivity contribution in [2.24, 2.45) is 0 Å². The Kier molecular flexibility index (Phi) is 13.3. The number of carbonyl (C=O) groups excluding carboxylic acids is 7. The number of ether oxygens (including phenoxy) is 8. The van der Waals surface area contributed by atoms with Crippen LogP contribution in [0.25, 0.3) is 0 Å². The van der Waals surface area contributed by atoms with Crippen molar-refractivity contribution in [2.75, 3.05) is 13.2 Å². The van der Waals surface area contributed by atoms with Gasteiger partial charge in [-0.05, 0) is 0 Å². The van der Waals surface area contributed by atoms with Gasteiger partial charge in [-0.25, -0.2) is 0 Å². The summed E-state index contributed by atoms with van der Waals surface area (Å²) < 4.78 is 44.6. The number of carbonyl (C=O) groups is 7. The molecule has 0 aromatic heterocycles. The van der Waals surface area contributed by atoms with Crippen LogP contribution in [0.1, 0.15) is 54.9 Å². The highest BCUT2D eigenvalue weighted by molar-refractivity contribution is 5.74. The third kappa shape index (κ3) is 11.4. The molecule has 2 saturated heterocycles. The molecule has 0 bridgehead atoms. The van der Waals surface area contributed by atoms with Gasteiger partial charge in [-0.15, -0.1) is 0 Å². The molecule has 43 heavy (non-hydrogen) atoms. The smallest absolute Gasteiger partial charge is 0.305 e. The maximum atomic E-state index is 12.2. The van der Waals surface area contributed by atoms with E-state index in [4.69, 9.17) is 37.9 Å². The molecule has 242 valence electrons. The van der Waals surface area contributed by atoms with E-state index in [1.165, 1.54) is 13.8 Å². The van der Waals surface area contributed by atoms with Crippen LogP contribution in [0, 0.1) is 0 Å². The van der Waals surface area contributed by atoms with Crippen LogP contribution in [0.3, 0.4) is 0 Å². The molecule has 0 spiro atoms. The quantitative estimate of drug-likeness (QED) is 0.205. The largest absolute Gasteiger partial charge is 0.463 e. The van der Waals surface area contributed by atoms with Crippen LogP contribution in [0.4, 0.5) is 0 Å². The highest BCUT2D eigenvalue weighted by Crippen LogP contribution is 2.32. The predicted molar refractivity (Wildman–Crippen MR) is 138 cm³/mol. The van der Waals surface area contributed by atoms with Crippen molar-refractivity contribution in [3.05, 3.63) is 0 Å². The fraction of sp³-hybridized carbons (Fsp3) is 0.731. The van der Waals surface area contributed by atoms with Crippen molar-refractivity contribution in [3.63, 3.8) is 0 Å². The van der Waals surface area contributed by atoms with E-state index >= 15 is 0 Å². The molecule has 2 aliphatic rings. The molecule has 2 heterocycles. The summed E-state index contributed by atoms with van der Waals surface area (Å²) in [5, 5.41) is 5.14. The van der Waals surface area contributed by atoms with Gasteiger partial charge in [-0.3, -0.25) is 33.6 Å². The van der Waals surface area contributed by atoms with Gasteiger partial charge in [0.15, 0.2) is 12.4 Å². The Morgan fingerprint density at radius 2 is 1.14 bits per heavy atom. The predicted octanol–water partition coefficient (Wildman–Crippen LogP) is -1.23. The van der Waals surface area contributed by atoms with Crippen LogP contribution >= 0.6 is 0 Å². The second kappa shape index (κ2) is 16.1. The molecule has 0 radical (unpaired) electrons. The lowest BCUT2D eigenvalue weighted by Crippen LogP contribution is -2.68. The second-order valence-electron chi connectivity index (χ2n) is 9.89. The zero-order valence-corrected chi connectivity index (χ0v) is 24.9. The van der Waals surface area contributed by atoms with E-state index in [1.807, 2.05) is 0 Å². The molecule has 2 fully saturated rings. The zero-order chi connectivity index (χ0) is 32.4. The molecule has 0 aromatic rings. The molecule has 0 unspecified atom stereocenters. The van der Waals surface area contributed by atoms with Crippen molar-refractivity contribution in [2.45, 2.75) is 110 Å². The molecular formula is C26H38N2O15. The second-order valence-corrected chi connectivity index (χ2v) is 9.89. The van der Waals surface area contributed by atoms with Crippen LogP contribution in [0.15, 0.2) is 0 Å². The third-order valence-electron chi connectivity index (χ3n) is 6.02. The van der Waals surface area contributed by atoms with Gasteiger partial charge in [-0.2, -0.15) is 0 Å². The van der Waals surface area contributed by atoms with E-state index in [9.17, 15) is 33.6 Å². The number of hydrogen-bond acceptors (Lipinski definition) is 15. The highest BCUT2D eigenvalue weighted by Gasteiger charge is 2.54. The molecule has 0 saturated carbocycles.